The van der Waals surface area contributed by atoms with E-state index in [1.807, 2.05) is 12.1 Å². The Kier molecular flexibility index (Phi) is 3.86. The first kappa shape index (κ1) is 14.0. The molecule has 0 fully saturated rings. The number of hydrogen-bond donors (Lipinski definition) is 1. The van der Waals surface area contributed by atoms with Crippen LogP contribution in [0.4, 0.5) is 10.2 Å². The first-order valence-corrected chi connectivity index (χ1v) is 7.51. The molecule has 0 bridgehead atoms. The van der Waals surface area contributed by atoms with Gasteiger partial charge in [0, 0.05) is 12.1 Å². The van der Waals surface area contributed by atoms with Crippen molar-refractivity contribution in [1.29, 1.82) is 0 Å². The minimum absolute atomic E-state index is 0.124. The SMILES string of the molecule is CC(C)c1nccc(NC2CCCc3ccc(F)cc32)n1. The first-order valence-electron chi connectivity index (χ1n) is 7.51. The molecule has 1 aromatic heterocycles. The maximum atomic E-state index is 13.5. The van der Waals surface area contributed by atoms with Crippen LogP contribution in [0.1, 0.15) is 55.6 Å². The lowest BCUT2D eigenvalue weighted by atomic mass is 9.87. The predicted octanol–water partition coefficient (Wildman–Crippen LogP) is 4.23. The van der Waals surface area contributed by atoms with E-state index in [0.29, 0.717) is 5.92 Å². The summed E-state index contributed by atoms with van der Waals surface area (Å²) in [5.74, 6) is 1.77. The molecule has 4 heteroatoms. The highest BCUT2D eigenvalue weighted by molar-refractivity contribution is 5.42. The van der Waals surface area contributed by atoms with Crippen molar-refractivity contribution in [2.45, 2.75) is 45.1 Å². The molecule has 1 N–H and O–H groups in total. The van der Waals surface area contributed by atoms with Gasteiger partial charge in [-0.1, -0.05) is 19.9 Å². The summed E-state index contributed by atoms with van der Waals surface area (Å²) in [6, 6.07) is 7.09. The molecule has 1 atom stereocenters. The van der Waals surface area contributed by atoms with Crippen LogP contribution in [0.15, 0.2) is 30.5 Å². The van der Waals surface area contributed by atoms with Crippen molar-refractivity contribution in [2.24, 2.45) is 0 Å². The molecule has 0 saturated heterocycles. The van der Waals surface area contributed by atoms with Crippen LogP contribution in [0.5, 0.6) is 0 Å². The van der Waals surface area contributed by atoms with Crippen molar-refractivity contribution in [2.75, 3.05) is 5.32 Å². The van der Waals surface area contributed by atoms with E-state index in [2.05, 4.69) is 29.1 Å². The van der Waals surface area contributed by atoms with Crippen molar-refractivity contribution in [3.8, 4) is 0 Å². The van der Waals surface area contributed by atoms with Crippen LogP contribution in [0.3, 0.4) is 0 Å². The van der Waals surface area contributed by atoms with E-state index < -0.39 is 0 Å². The number of aromatic nitrogens is 2. The molecule has 0 amide bonds. The Morgan fingerprint density at radius 1 is 1.29 bits per heavy atom. The zero-order valence-electron chi connectivity index (χ0n) is 12.4. The molecule has 0 spiro atoms. The fourth-order valence-corrected chi connectivity index (χ4v) is 2.83. The second-order valence-corrected chi connectivity index (χ2v) is 5.89. The molecule has 3 nitrogen and oxygen atoms in total. The average molecular weight is 285 g/mol. The lowest BCUT2D eigenvalue weighted by Crippen LogP contribution is -2.18. The fourth-order valence-electron chi connectivity index (χ4n) is 2.83. The number of nitrogens with one attached hydrogen (secondary N) is 1. The summed E-state index contributed by atoms with van der Waals surface area (Å²) in [5.41, 5.74) is 2.30. The third-order valence-electron chi connectivity index (χ3n) is 3.93. The minimum Gasteiger partial charge on any atom is -0.363 e. The number of fused-ring (bicyclic) bond motifs is 1. The Hall–Kier alpha value is -1.97. The maximum absolute atomic E-state index is 13.5. The van der Waals surface area contributed by atoms with Crippen molar-refractivity contribution in [1.82, 2.24) is 9.97 Å². The normalized spacial score (nSPS) is 17.6. The number of nitrogens with zero attached hydrogens (tertiary/aromatic N) is 2. The standard InChI is InChI=1S/C17H20FN3/c1-11(2)17-19-9-8-16(21-17)20-15-5-3-4-12-6-7-13(18)10-14(12)15/h6-11,15H,3-5H2,1-2H3,(H,19,20,21). The predicted molar refractivity (Wildman–Crippen MR) is 81.8 cm³/mol. The van der Waals surface area contributed by atoms with Crippen molar-refractivity contribution in [3.05, 3.63) is 53.2 Å². The third-order valence-corrected chi connectivity index (χ3v) is 3.93. The first-order chi connectivity index (χ1) is 10.1. The van der Waals surface area contributed by atoms with Gasteiger partial charge in [0.25, 0.3) is 0 Å². The van der Waals surface area contributed by atoms with Crippen LogP contribution < -0.4 is 5.32 Å². The van der Waals surface area contributed by atoms with E-state index in [4.69, 9.17) is 0 Å². The lowest BCUT2D eigenvalue weighted by Gasteiger charge is -2.27. The van der Waals surface area contributed by atoms with Crippen LogP contribution in [-0.2, 0) is 6.42 Å². The van der Waals surface area contributed by atoms with E-state index in [1.165, 1.54) is 5.56 Å². The summed E-state index contributed by atoms with van der Waals surface area (Å²) in [4.78, 5) is 8.83. The summed E-state index contributed by atoms with van der Waals surface area (Å²) in [6.07, 6.45) is 4.91. The lowest BCUT2D eigenvalue weighted by molar-refractivity contribution is 0.578. The van der Waals surface area contributed by atoms with Gasteiger partial charge >= 0.3 is 0 Å². The molecule has 1 aliphatic carbocycles. The largest absolute Gasteiger partial charge is 0.363 e. The van der Waals surface area contributed by atoms with Crippen LogP contribution >= 0.6 is 0 Å². The van der Waals surface area contributed by atoms with E-state index in [1.54, 1.807) is 18.3 Å². The van der Waals surface area contributed by atoms with E-state index in [9.17, 15) is 4.39 Å². The molecule has 21 heavy (non-hydrogen) atoms. The molecule has 2 aromatic rings. The Balaban J connectivity index is 1.86. The molecule has 0 radical (unpaired) electrons. The van der Waals surface area contributed by atoms with Gasteiger partial charge in [0.05, 0.1) is 6.04 Å². The summed E-state index contributed by atoms with van der Waals surface area (Å²) in [5, 5.41) is 3.44. The number of benzene rings is 1. The van der Waals surface area contributed by atoms with Crippen LogP contribution in [0.25, 0.3) is 0 Å². The van der Waals surface area contributed by atoms with Crippen molar-refractivity contribution in [3.63, 3.8) is 0 Å². The molecular formula is C17H20FN3. The van der Waals surface area contributed by atoms with E-state index in [-0.39, 0.29) is 11.9 Å². The monoisotopic (exact) mass is 285 g/mol. The summed E-state index contributed by atoms with van der Waals surface area (Å²) in [7, 11) is 0. The number of aryl methyl sites for hydroxylation is 1. The van der Waals surface area contributed by atoms with Gasteiger partial charge in [-0.25, -0.2) is 14.4 Å². The number of halogens is 1. The van der Waals surface area contributed by atoms with Gasteiger partial charge in [-0.2, -0.15) is 0 Å². The zero-order valence-corrected chi connectivity index (χ0v) is 12.4. The fraction of sp³-hybridized carbons (Fsp3) is 0.412. The minimum atomic E-state index is -0.173. The third kappa shape index (κ3) is 3.04. The molecule has 0 aliphatic heterocycles. The Labute approximate surface area is 124 Å². The summed E-state index contributed by atoms with van der Waals surface area (Å²) in [6.45, 7) is 4.15. The molecule has 1 unspecified atom stereocenters. The highest BCUT2D eigenvalue weighted by atomic mass is 19.1. The van der Waals surface area contributed by atoms with Gasteiger partial charge in [-0.3, -0.25) is 0 Å². The second kappa shape index (κ2) is 5.80. The zero-order chi connectivity index (χ0) is 14.8. The molecule has 1 heterocycles. The van der Waals surface area contributed by atoms with Gasteiger partial charge in [0.2, 0.25) is 0 Å². The van der Waals surface area contributed by atoms with Crippen LogP contribution in [-0.4, -0.2) is 9.97 Å². The van der Waals surface area contributed by atoms with Gasteiger partial charge in [0.15, 0.2) is 0 Å². The topological polar surface area (TPSA) is 37.8 Å². The summed E-state index contributed by atoms with van der Waals surface area (Å²) < 4.78 is 13.5. The van der Waals surface area contributed by atoms with E-state index >= 15 is 0 Å². The highest BCUT2D eigenvalue weighted by Crippen LogP contribution is 2.32. The maximum Gasteiger partial charge on any atom is 0.133 e. The van der Waals surface area contributed by atoms with Crippen LogP contribution in [0, 0.1) is 5.82 Å². The Morgan fingerprint density at radius 3 is 2.95 bits per heavy atom. The molecule has 1 aromatic carbocycles. The smallest absolute Gasteiger partial charge is 0.133 e. The Bertz CT molecular complexity index is 640. The average Bonchev–Trinajstić information content (AvgIpc) is 2.48. The summed E-state index contributed by atoms with van der Waals surface area (Å²) >= 11 is 0. The van der Waals surface area contributed by atoms with Crippen molar-refractivity contribution >= 4 is 5.82 Å². The number of hydrogen-bond acceptors (Lipinski definition) is 3. The molecule has 0 saturated carbocycles. The Morgan fingerprint density at radius 2 is 2.14 bits per heavy atom. The number of anilines is 1. The van der Waals surface area contributed by atoms with Gasteiger partial charge in [-0.15, -0.1) is 0 Å². The second-order valence-electron chi connectivity index (χ2n) is 5.89. The van der Waals surface area contributed by atoms with Gasteiger partial charge in [0.1, 0.15) is 17.5 Å². The number of rotatable bonds is 3. The molecule has 110 valence electrons. The quantitative estimate of drug-likeness (QED) is 0.917. The van der Waals surface area contributed by atoms with E-state index in [0.717, 1.165) is 36.5 Å². The molecule has 3 rings (SSSR count). The van der Waals surface area contributed by atoms with Crippen LogP contribution in [0.2, 0.25) is 0 Å². The van der Waals surface area contributed by atoms with Crippen molar-refractivity contribution < 1.29 is 4.39 Å². The molecular weight excluding hydrogens is 265 g/mol. The van der Waals surface area contributed by atoms with Gasteiger partial charge in [-0.05, 0) is 48.6 Å². The highest BCUT2D eigenvalue weighted by Gasteiger charge is 2.21. The molecule has 1 aliphatic rings. The van der Waals surface area contributed by atoms with Gasteiger partial charge < -0.3 is 5.32 Å².